The number of methoxy groups -OCH3 is 1. The first-order valence-electron chi connectivity index (χ1n) is 3.47. The van der Waals surface area contributed by atoms with E-state index in [1.807, 2.05) is 0 Å². The Bertz CT molecular complexity index is 278. The average Bonchev–Trinajstić information content (AvgIpc) is 2.11. The highest BCUT2D eigenvalue weighted by atomic mass is 19.1. The summed E-state index contributed by atoms with van der Waals surface area (Å²) < 4.78 is 30.6. The molecule has 0 aliphatic carbocycles. The van der Waals surface area contributed by atoms with E-state index in [0.717, 1.165) is 12.1 Å². The molecule has 0 fully saturated rings. The van der Waals surface area contributed by atoms with E-state index in [0.29, 0.717) is 0 Å². The summed E-state index contributed by atoms with van der Waals surface area (Å²) in [6, 6.07) is 2.02. The van der Waals surface area contributed by atoms with Crippen LogP contribution in [0.5, 0.6) is 5.75 Å². The highest BCUT2D eigenvalue weighted by molar-refractivity contribution is 5.30. The smallest absolute Gasteiger partial charge is 0.135 e. The Morgan fingerprint density at radius 2 is 1.85 bits per heavy atom. The molecule has 5 heteroatoms. The van der Waals surface area contributed by atoms with Crippen molar-refractivity contribution in [2.75, 3.05) is 7.11 Å². The van der Waals surface area contributed by atoms with E-state index in [2.05, 4.69) is 9.62 Å². The standard InChI is InChI=1S/C8H8F2O3/c1-12-5-2-7(9)6(4-13-11)8(10)3-5/h2-3,11H,4H2,1H3. The van der Waals surface area contributed by atoms with Crippen LogP contribution in [0.4, 0.5) is 8.78 Å². The maximum Gasteiger partial charge on any atom is 0.135 e. The van der Waals surface area contributed by atoms with Crippen LogP contribution >= 0.6 is 0 Å². The lowest BCUT2D eigenvalue weighted by Crippen LogP contribution is -1.98. The van der Waals surface area contributed by atoms with Crippen molar-refractivity contribution in [3.63, 3.8) is 0 Å². The van der Waals surface area contributed by atoms with Crippen LogP contribution in [0.15, 0.2) is 12.1 Å². The van der Waals surface area contributed by atoms with Crippen molar-refractivity contribution < 1.29 is 23.7 Å². The Balaban J connectivity index is 3.07. The quantitative estimate of drug-likeness (QED) is 0.584. The highest BCUT2D eigenvalue weighted by Crippen LogP contribution is 2.20. The van der Waals surface area contributed by atoms with Gasteiger partial charge >= 0.3 is 0 Å². The molecule has 1 N–H and O–H groups in total. The molecule has 0 saturated carbocycles. The van der Waals surface area contributed by atoms with Crippen molar-refractivity contribution in [2.24, 2.45) is 0 Å². The van der Waals surface area contributed by atoms with Crippen LogP contribution in [-0.2, 0) is 11.5 Å². The summed E-state index contributed by atoms with van der Waals surface area (Å²) in [5, 5.41) is 8.03. The van der Waals surface area contributed by atoms with Crippen LogP contribution in [0.25, 0.3) is 0 Å². The average molecular weight is 190 g/mol. The molecule has 1 aromatic rings. The first-order chi connectivity index (χ1) is 6.19. The fraction of sp³-hybridized carbons (Fsp3) is 0.250. The first-order valence-corrected chi connectivity index (χ1v) is 3.47. The van der Waals surface area contributed by atoms with E-state index in [1.54, 1.807) is 0 Å². The van der Waals surface area contributed by atoms with Gasteiger partial charge in [-0.15, -0.1) is 0 Å². The monoisotopic (exact) mass is 190 g/mol. The molecule has 72 valence electrons. The third-order valence-electron chi connectivity index (χ3n) is 1.56. The number of ether oxygens (including phenoxy) is 1. The van der Waals surface area contributed by atoms with Crippen molar-refractivity contribution in [1.29, 1.82) is 0 Å². The fourth-order valence-corrected chi connectivity index (χ4v) is 0.900. The predicted octanol–water partition coefficient (Wildman–Crippen LogP) is 1.96. The van der Waals surface area contributed by atoms with Crippen molar-refractivity contribution in [3.8, 4) is 5.75 Å². The third-order valence-corrected chi connectivity index (χ3v) is 1.56. The molecular weight excluding hydrogens is 182 g/mol. The maximum absolute atomic E-state index is 13.0. The Morgan fingerprint density at radius 1 is 1.31 bits per heavy atom. The van der Waals surface area contributed by atoms with Gasteiger partial charge in [0.25, 0.3) is 0 Å². The van der Waals surface area contributed by atoms with Crippen molar-refractivity contribution >= 4 is 0 Å². The molecular formula is C8H8F2O3. The minimum atomic E-state index is -0.814. The zero-order chi connectivity index (χ0) is 9.84. The largest absolute Gasteiger partial charge is 0.497 e. The van der Waals surface area contributed by atoms with Crippen LogP contribution in [0.3, 0.4) is 0 Å². The van der Waals surface area contributed by atoms with Crippen molar-refractivity contribution in [1.82, 2.24) is 0 Å². The van der Waals surface area contributed by atoms with Gasteiger partial charge in [0.15, 0.2) is 0 Å². The van der Waals surface area contributed by atoms with Crippen LogP contribution in [0.2, 0.25) is 0 Å². The van der Waals surface area contributed by atoms with Gasteiger partial charge in [0.05, 0.1) is 12.7 Å². The van der Waals surface area contributed by atoms with Crippen LogP contribution in [-0.4, -0.2) is 12.4 Å². The number of rotatable bonds is 3. The Labute approximate surface area is 73.4 Å². The second-order valence-corrected chi connectivity index (χ2v) is 2.34. The summed E-state index contributed by atoms with van der Waals surface area (Å²) in [5.41, 5.74) is -0.330. The van der Waals surface area contributed by atoms with Gasteiger partial charge in [-0.05, 0) is 0 Å². The molecule has 1 rings (SSSR count). The van der Waals surface area contributed by atoms with Crippen LogP contribution in [0.1, 0.15) is 5.56 Å². The minimum Gasteiger partial charge on any atom is -0.497 e. The molecule has 0 aromatic heterocycles. The Kier molecular flexibility index (Phi) is 3.16. The van der Waals surface area contributed by atoms with E-state index in [9.17, 15) is 8.78 Å². The maximum atomic E-state index is 13.0. The number of benzene rings is 1. The van der Waals surface area contributed by atoms with Crippen LogP contribution < -0.4 is 4.74 Å². The topological polar surface area (TPSA) is 38.7 Å². The molecule has 0 aliphatic heterocycles. The third kappa shape index (κ3) is 2.13. The van der Waals surface area contributed by atoms with Gasteiger partial charge in [-0.1, -0.05) is 0 Å². The molecule has 1 aromatic carbocycles. The van der Waals surface area contributed by atoms with Crippen molar-refractivity contribution in [2.45, 2.75) is 6.61 Å². The molecule has 0 bridgehead atoms. The molecule has 0 heterocycles. The first kappa shape index (κ1) is 9.88. The lowest BCUT2D eigenvalue weighted by atomic mass is 10.2. The summed E-state index contributed by atoms with van der Waals surface area (Å²) in [6.45, 7) is -0.526. The van der Waals surface area contributed by atoms with Gasteiger partial charge in [-0.3, -0.25) is 5.26 Å². The summed E-state index contributed by atoms with van der Waals surface area (Å²) in [7, 11) is 1.30. The molecule has 0 saturated heterocycles. The zero-order valence-electron chi connectivity index (χ0n) is 6.88. The molecule has 0 unspecified atom stereocenters. The minimum absolute atomic E-state index is 0.0803. The van der Waals surface area contributed by atoms with E-state index in [-0.39, 0.29) is 11.3 Å². The SMILES string of the molecule is COc1cc(F)c(COO)c(F)c1. The van der Waals surface area contributed by atoms with E-state index < -0.39 is 18.2 Å². The zero-order valence-corrected chi connectivity index (χ0v) is 6.88. The lowest BCUT2D eigenvalue weighted by molar-refractivity contribution is -0.253. The number of halogens is 2. The number of hydrogen-bond donors (Lipinski definition) is 1. The normalized spacial score (nSPS) is 10.2. The molecule has 0 amide bonds. The fourth-order valence-electron chi connectivity index (χ4n) is 0.900. The molecule has 0 spiro atoms. The summed E-state index contributed by atoms with van der Waals surface area (Å²) in [5.74, 6) is -1.55. The summed E-state index contributed by atoms with van der Waals surface area (Å²) in [4.78, 5) is 3.64. The van der Waals surface area contributed by atoms with Gasteiger partial charge in [-0.2, -0.15) is 0 Å². The second-order valence-electron chi connectivity index (χ2n) is 2.34. The summed E-state index contributed by atoms with van der Waals surface area (Å²) in [6.07, 6.45) is 0. The van der Waals surface area contributed by atoms with Gasteiger partial charge in [0.1, 0.15) is 24.0 Å². The molecule has 0 radical (unpaired) electrons. The van der Waals surface area contributed by atoms with Crippen molar-refractivity contribution in [3.05, 3.63) is 29.3 Å². The van der Waals surface area contributed by atoms with E-state index in [4.69, 9.17) is 5.26 Å². The second kappa shape index (κ2) is 4.15. The van der Waals surface area contributed by atoms with E-state index in [1.165, 1.54) is 7.11 Å². The molecule has 0 atom stereocenters. The van der Waals surface area contributed by atoms with Crippen LogP contribution in [0, 0.1) is 11.6 Å². The summed E-state index contributed by atoms with van der Waals surface area (Å²) >= 11 is 0. The molecule has 0 aliphatic rings. The molecule has 13 heavy (non-hydrogen) atoms. The Hall–Kier alpha value is -1.20. The lowest BCUT2D eigenvalue weighted by Gasteiger charge is -2.05. The van der Waals surface area contributed by atoms with Gasteiger partial charge in [0, 0.05) is 12.1 Å². The number of hydrogen-bond acceptors (Lipinski definition) is 3. The molecule has 3 nitrogen and oxygen atoms in total. The highest BCUT2D eigenvalue weighted by Gasteiger charge is 2.11. The van der Waals surface area contributed by atoms with Gasteiger partial charge in [-0.25, -0.2) is 13.7 Å². The van der Waals surface area contributed by atoms with Gasteiger partial charge in [0.2, 0.25) is 0 Å². The Morgan fingerprint density at radius 3 is 2.23 bits per heavy atom. The van der Waals surface area contributed by atoms with Gasteiger partial charge < -0.3 is 4.74 Å². The van der Waals surface area contributed by atoms with E-state index >= 15 is 0 Å². The predicted molar refractivity (Wildman–Crippen MR) is 40.3 cm³/mol.